The third-order valence-corrected chi connectivity index (χ3v) is 3.78. The van der Waals surface area contributed by atoms with Crippen LogP contribution < -0.4 is 5.32 Å². The Morgan fingerprint density at radius 2 is 2.11 bits per heavy atom. The van der Waals surface area contributed by atoms with Gasteiger partial charge in [0.15, 0.2) is 0 Å². The lowest BCUT2D eigenvalue weighted by atomic mass is 10.1. The molecule has 1 heterocycles. The van der Waals surface area contributed by atoms with Crippen LogP contribution in [0.25, 0.3) is 0 Å². The molecule has 0 unspecified atom stereocenters. The van der Waals surface area contributed by atoms with Gasteiger partial charge in [0.25, 0.3) is 0 Å². The summed E-state index contributed by atoms with van der Waals surface area (Å²) in [7, 11) is 0. The van der Waals surface area contributed by atoms with E-state index in [2.05, 4.69) is 48.4 Å². The smallest absolute Gasteiger partial charge is 0.365 e. The van der Waals surface area contributed by atoms with Gasteiger partial charge in [0, 0.05) is 18.0 Å². The second kappa shape index (κ2) is 5.95. The van der Waals surface area contributed by atoms with E-state index in [4.69, 9.17) is 5.11 Å². The third-order valence-electron chi connectivity index (χ3n) is 2.90. The lowest BCUT2D eigenvalue weighted by Gasteiger charge is -2.13. The monoisotopic (exact) mass is 276 g/mol. The number of hydrogen-bond acceptors (Lipinski definition) is 4. The Labute approximate surface area is 116 Å². The fraction of sp³-hybridized carbons (Fsp3) is 0.286. The Morgan fingerprint density at radius 1 is 1.42 bits per heavy atom. The number of carboxylic acids is 1. The Kier molecular flexibility index (Phi) is 4.29. The zero-order valence-electron chi connectivity index (χ0n) is 10.9. The van der Waals surface area contributed by atoms with E-state index < -0.39 is 5.97 Å². The lowest BCUT2D eigenvalue weighted by Crippen LogP contribution is -2.18. The van der Waals surface area contributed by atoms with Gasteiger partial charge in [-0.2, -0.15) is 0 Å². The molecule has 0 aliphatic carbocycles. The Bertz CT molecular complexity index is 563. The molecule has 0 saturated carbocycles. The molecule has 5 heteroatoms. The zero-order valence-corrected chi connectivity index (χ0v) is 11.7. The van der Waals surface area contributed by atoms with E-state index in [0.29, 0.717) is 6.54 Å². The largest absolute Gasteiger partial charge is 0.476 e. The van der Waals surface area contributed by atoms with Gasteiger partial charge in [0.1, 0.15) is 0 Å². The fourth-order valence-corrected chi connectivity index (χ4v) is 2.37. The highest BCUT2D eigenvalue weighted by atomic mass is 32.1. The molecule has 2 rings (SSSR count). The van der Waals surface area contributed by atoms with Gasteiger partial charge in [-0.1, -0.05) is 29.8 Å². The van der Waals surface area contributed by atoms with E-state index in [-0.39, 0.29) is 11.0 Å². The van der Waals surface area contributed by atoms with Crippen molar-refractivity contribution in [3.63, 3.8) is 0 Å². The van der Waals surface area contributed by atoms with E-state index in [1.54, 1.807) is 5.38 Å². The van der Waals surface area contributed by atoms with Crippen molar-refractivity contribution in [1.29, 1.82) is 0 Å². The molecule has 0 aliphatic rings. The molecule has 0 radical (unpaired) electrons. The van der Waals surface area contributed by atoms with Crippen LogP contribution in [0.2, 0.25) is 0 Å². The molecule has 4 nitrogen and oxygen atoms in total. The fourth-order valence-electron chi connectivity index (χ4n) is 1.72. The third kappa shape index (κ3) is 3.62. The molecule has 1 aromatic heterocycles. The summed E-state index contributed by atoms with van der Waals surface area (Å²) in [6.07, 6.45) is 0. The first-order chi connectivity index (χ1) is 9.06. The minimum atomic E-state index is -0.970. The van der Waals surface area contributed by atoms with E-state index >= 15 is 0 Å². The summed E-state index contributed by atoms with van der Waals surface area (Å²) in [6.45, 7) is 4.71. The van der Waals surface area contributed by atoms with Crippen molar-refractivity contribution in [1.82, 2.24) is 10.3 Å². The summed E-state index contributed by atoms with van der Waals surface area (Å²) in [4.78, 5) is 14.8. The van der Waals surface area contributed by atoms with Crippen LogP contribution in [0.4, 0.5) is 0 Å². The first-order valence-corrected chi connectivity index (χ1v) is 6.92. The number of nitrogens with one attached hydrogen (secondary N) is 1. The van der Waals surface area contributed by atoms with Crippen LogP contribution in [0.15, 0.2) is 29.6 Å². The first kappa shape index (κ1) is 13.7. The molecule has 0 bridgehead atoms. The normalized spacial score (nSPS) is 12.3. The molecule has 19 heavy (non-hydrogen) atoms. The number of carboxylic acid groups (broad SMARTS) is 1. The van der Waals surface area contributed by atoms with E-state index in [9.17, 15) is 4.79 Å². The van der Waals surface area contributed by atoms with Crippen molar-refractivity contribution in [2.75, 3.05) is 0 Å². The quantitative estimate of drug-likeness (QED) is 0.881. The molecule has 2 aromatic rings. The van der Waals surface area contributed by atoms with Gasteiger partial charge in [-0.3, -0.25) is 0 Å². The average molecular weight is 276 g/mol. The highest BCUT2D eigenvalue weighted by Gasteiger charge is 2.10. The molecule has 1 atom stereocenters. The number of aromatic nitrogens is 1. The second-order valence-electron chi connectivity index (χ2n) is 4.46. The molecule has 0 saturated heterocycles. The van der Waals surface area contributed by atoms with Crippen LogP contribution in [0.1, 0.15) is 39.6 Å². The summed E-state index contributed by atoms with van der Waals surface area (Å²) in [5.74, 6) is -0.970. The maximum absolute atomic E-state index is 10.7. The predicted molar refractivity (Wildman–Crippen MR) is 75.5 cm³/mol. The number of aryl methyl sites for hydroxylation is 1. The van der Waals surface area contributed by atoms with Gasteiger partial charge in [0.05, 0.1) is 5.69 Å². The van der Waals surface area contributed by atoms with Crippen molar-refractivity contribution in [2.24, 2.45) is 0 Å². The van der Waals surface area contributed by atoms with Crippen LogP contribution >= 0.6 is 11.3 Å². The summed E-state index contributed by atoms with van der Waals surface area (Å²) >= 11 is 1.16. The van der Waals surface area contributed by atoms with Crippen LogP contribution in [0, 0.1) is 6.92 Å². The van der Waals surface area contributed by atoms with Crippen LogP contribution in [-0.2, 0) is 6.54 Å². The average Bonchev–Trinajstić information content (AvgIpc) is 2.86. The predicted octanol–water partition coefficient (Wildman–Crippen LogP) is 3.00. The number of benzene rings is 1. The minimum absolute atomic E-state index is 0.139. The maximum atomic E-state index is 10.7. The van der Waals surface area contributed by atoms with E-state index in [1.807, 2.05) is 0 Å². The van der Waals surface area contributed by atoms with Crippen molar-refractivity contribution < 1.29 is 9.90 Å². The molecular weight excluding hydrogens is 260 g/mol. The summed E-state index contributed by atoms with van der Waals surface area (Å²) < 4.78 is 0. The molecule has 1 aromatic carbocycles. The highest BCUT2D eigenvalue weighted by molar-refractivity contribution is 7.11. The standard InChI is InChI=1S/C14H16N2O2S/c1-9-3-5-11(6-4-9)10(2)15-7-12-8-19-13(16-12)14(17)18/h3-6,8,10,15H,7H2,1-2H3,(H,17,18)/t10-/m0/s1. The van der Waals surface area contributed by atoms with E-state index in [1.165, 1.54) is 11.1 Å². The van der Waals surface area contributed by atoms with Crippen molar-refractivity contribution in [3.8, 4) is 0 Å². The second-order valence-corrected chi connectivity index (χ2v) is 5.32. The zero-order chi connectivity index (χ0) is 13.8. The first-order valence-electron chi connectivity index (χ1n) is 6.04. The van der Waals surface area contributed by atoms with Gasteiger partial charge in [-0.25, -0.2) is 9.78 Å². The highest BCUT2D eigenvalue weighted by Crippen LogP contribution is 2.15. The van der Waals surface area contributed by atoms with Crippen molar-refractivity contribution >= 4 is 17.3 Å². The summed E-state index contributed by atoms with van der Waals surface area (Å²) in [6, 6.07) is 8.56. The molecule has 0 amide bonds. The molecule has 2 N–H and O–H groups in total. The Hall–Kier alpha value is -1.72. The minimum Gasteiger partial charge on any atom is -0.476 e. The Balaban J connectivity index is 1.94. The number of aromatic carboxylic acids is 1. The molecular formula is C14H16N2O2S. The van der Waals surface area contributed by atoms with Gasteiger partial charge >= 0.3 is 5.97 Å². The number of hydrogen-bond donors (Lipinski definition) is 2. The van der Waals surface area contributed by atoms with Crippen molar-refractivity contribution in [2.45, 2.75) is 26.4 Å². The summed E-state index contributed by atoms with van der Waals surface area (Å²) in [5.41, 5.74) is 3.21. The van der Waals surface area contributed by atoms with Crippen LogP contribution in [0.5, 0.6) is 0 Å². The Morgan fingerprint density at radius 3 is 2.68 bits per heavy atom. The lowest BCUT2D eigenvalue weighted by molar-refractivity contribution is 0.0696. The molecule has 0 spiro atoms. The van der Waals surface area contributed by atoms with Gasteiger partial charge in [0.2, 0.25) is 5.01 Å². The number of rotatable bonds is 5. The number of nitrogens with zero attached hydrogens (tertiary/aromatic N) is 1. The van der Waals surface area contributed by atoms with Gasteiger partial charge in [-0.05, 0) is 19.4 Å². The molecule has 0 fully saturated rings. The number of carbonyl (C=O) groups is 1. The van der Waals surface area contributed by atoms with Gasteiger partial charge in [-0.15, -0.1) is 11.3 Å². The van der Waals surface area contributed by atoms with Crippen molar-refractivity contribution in [3.05, 3.63) is 51.5 Å². The SMILES string of the molecule is Cc1ccc([C@H](C)NCc2csc(C(=O)O)n2)cc1. The van der Waals surface area contributed by atoms with Crippen LogP contribution in [0.3, 0.4) is 0 Å². The molecule has 0 aliphatic heterocycles. The van der Waals surface area contributed by atoms with E-state index in [0.717, 1.165) is 17.0 Å². The van der Waals surface area contributed by atoms with Crippen LogP contribution in [-0.4, -0.2) is 16.1 Å². The maximum Gasteiger partial charge on any atom is 0.365 e. The molecule has 100 valence electrons. The summed E-state index contributed by atoms with van der Waals surface area (Å²) in [5, 5.41) is 14.1. The topological polar surface area (TPSA) is 62.2 Å². The number of thiazole rings is 1. The van der Waals surface area contributed by atoms with Gasteiger partial charge < -0.3 is 10.4 Å².